The van der Waals surface area contributed by atoms with Crippen LogP contribution in [0.2, 0.25) is 0 Å². The summed E-state index contributed by atoms with van der Waals surface area (Å²) < 4.78 is 10.2. The first-order valence-corrected chi connectivity index (χ1v) is 6.92. The lowest BCUT2D eigenvalue weighted by Gasteiger charge is -2.12. The number of rotatable bonds is 6. The van der Waals surface area contributed by atoms with Gasteiger partial charge in [0.2, 0.25) is 0 Å². The van der Waals surface area contributed by atoms with Gasteiger partial charge in [0.05, 0.1) is 13.2 Å². The van der Waals surface area contributed by atoms with E-state index in [0.717, 1.165) is 11.3 Å². The second kappa shape index (κ2) is 7.04. The summed E-state index contributed by atoms with van der Waals surface area (Å²) >= 11 is 0. The third-order valence-corrected chi connectivity index (χ3v) is 3.24. The summed E-state index contributed by atoms with van der Waals surface area (Å²) in [6.07, 6.45) is 3.24. The molecule has 0 spiro atoms. The van der Waals surface area contributed by atoms with Crippen molar-refractivity contribution < 1.29 is 19.1 Å². The molecule has 5 nitrogen and oxygen atoms in total. The highest BCUT2D eigenvalue weighted by molar-refractivity contribution is 5.93. The molecule has 1 aliphatic heterocycles. The van der Waals surface area contributed by atoms with Crippen LogP contribution in [0.3, 0.4) is 0 Å². The Morgan fingerprint density at radius 1 is 1.43 bits per heavy atom. The number of methoxy groups -OCH3 is 1. The maximum atomic E-state index is 11.8. The summed E-state index contributed by atoms with van der Waals surface area (Å²) in [7, 11) is 1.58. The van der Waals surface area contributed by atoms with Gasteiger partial charge in [-0.05, 0) is 23.8 Å². The fourth-order valence-electron chi connectivity index (χ4n) is 2.08. The molecule has 2 rings (SSSR count). The summed E-state index contributed by atoms with van der Waals surface area (Å²) in [5, 5.41) is 0. The number of anilines is 1. The normalized spacial score (nSPS) is 18.3. The lowest BCUT2D eigenvalue weighted by Crippen LogP contribution is -2.25. The van der Waals surface area contributed by atoms with E-state index in [4.69, 9.17) is 9.47 Å². The van der Waals surface area contributed by atoms with Crippen molar-refractivity contribution in [1.82, 2.24) is 0 Å². The van der Waals surface area contributed by atoms with Crippen molar-refractivity contribution in [3.05, 3.63) is 35.9 Å². The smallest absolute Gasteiger partial charge is 0.414 e. The van der Waals surface area contributed by atoms with Crippen molar-refractivity contribution in [1.29, 1.82) is 0 Å². The number of hydrogen-bond donors (Lipinski definition) is 0. The molecule has 112 valence electrons. The van der Waals surface area contributed by atoms with Crippen LogP contribution < -0.4 is 4.90 Å². The summed E-state index contributed by atoms with van der Waals surface area (Å²) in [4.78, 5) is 24.6. The van der Waals surface area contributed by atoms with E-state index in [0.29, 0.717) is 19.6 Å². The minimum absolute atomic E-state index is 0.0876. The number of benzene rings is 1. The van der Waals surface area contributed by atoms with Gasteiger partial charge in [0.15, 0.2) is 5.78 Å². The fraction of sp³-hybridized carbons (Fsp3) is 0.375. The molecule has 1 saturated heterocycles. The molecular formula is C16H19NO4. The lowest BCUT2D eigenvalue weighted by atomic mass is 10.1. The third kappa shape index (κ3) is 3.92. The summed E-state index contributed by atoms with van der Waals surface area (Å²) in [6, 6.07) is 7.41. The van der Waals surface area contributed by atoms with Gasteiger partial charge in [-0.2, -0.15) is 0 Å². The molecule has 1 unspecified atom stereocenters. The van der Waals surface area contributed by atoms with Crippen LogP contribution >= 0.6 is 0 Å². The van der Waals surface area contributed by atoms with Gasteiger partial charge >= 0.3 is 6.09 Å². The molecule has 1 aliphatic rings. The predicted molar refractivity (Wildman–Crippen MR) is 80.3 cm³/mol. The largest absolute Gasteiger partial charge is 0.441 e. The van der Waals surface area contributed by atoms with Gasteiger partial charge in [-0.15, -0.1) is 0 Å². The third-order valence-electron chi connectivity index (χ3n) is 3.24. The van der Waals surface area contributed by atoms with Gasteiger partial charge in [0.25, 0.3) is 0 Å². The van der Waals surface area contributed by atoms with E-state index in [2.05, 4.69) is 0 Å². The number of carbonyl (C=O) groups is 2. The number of cyclic esters (lactones) is 1. The van der Waals surface area contributed by atoms with Crippen LogP contribution in [0.5, 0.6) is 0 Å². The van der Waals surface area contributed by atoms with Crippen LogP contribution in [0.1, 0.15) is 18.9 Å². The highest BCUT2D eigenvalue weighted by Crippen LogP contribution is 2.22. The summed E-state index contributed by atoms with van der Waals surface area (Å²) in [5.74, 6) is 0.0876. The molecule has 0 saturated carbocycles. The van der Waals surface area contributed by atoms with Gasteiger partial charge in [0, 0.05) is 19.2 Å². The Hall–Kier alpha value is -2.14. The first-order chi connectivity index (χ1) is 10.1. The molecule has 1 fully saturated rings. The second-order valence-corrected chi connectivity index (χ2v) is 4.82. The van der Waals surface area contributed by atoms with E-state index in [-0.39, 0.29) is 18.0 Å². The molecule has 1 aromatic rings. The molecular weight excluding hydrogens is 270 g/mol. The average Bonchev–Trinajstić information content (AvgIpc) is 2.86. The maximum absolute atomic E-state index is 11.8. The molecule has 1 amide bonds. The molecule has 1 aromatic carbocycles. The highest BCUT2D eigenvalue weighted by atomic mass is 16.6. The fourth-order valence-corrected chi connectivity index (χ4v) is 2.08. The van der Waals surface area contributed by atoms with Crippen molar-refractivity contribution in [2.75, 3.05) is 25.2 Å². The van der Waals surface area contributed by atoms with Crippen LogP contribution in [0.4, 0.5) is 10.5 Å². The van der Waals surface area contributed by atoms with Crippen molar-refractivity contribution >= 4 is 23.6 Å². The number of amides is 1. The van der Waals surface area contributed by atoms with Gasteiger partial charge in [-0.25, -0.2) is 4.79 Å². The van der Waals surface area contributed by atoms with Gasteiger partial charge in [-0.3, -0.25) is 9.69 Å². The topological polar surface area (TPSA) is 55.8 Å². The molecule has 21 heavy (non-hydrogen) atoms. The molecule has 0 aromatic heterocycles. The quantitative estimate of drug-likeness (QED) is 0.755. The summed E-state index contributed by atoms with van der Waals surface area (Å²) in [5.41, 5.74) is 1.69. The maximum Gasteiger partial charge on any atom is 0.414 e. The SMILES string of the molecule is CCC(=O)C=Cc1ccc(N2CC(COC)OC2=O)cc1. The van der Waals surface area contributed by atoms with Crippen LogP contribution in [0.25, 0.3) is 6.08 Å². The van der Waals surface area contributed by atoms with Crippen molar-refractivity contribution in [2.45, 2.75) is 19.4 Å². The number of nitrogens with zero attached hydrogens (tertiary/aromatic N) is 1. The number of allylic oxidation sites excluding steroid dienone is 1. The zero-order valence-corrected chi connectivity index (χ0v) is 12.2. The van der Waals surface area contributed by atoms with Gasteiger partial charge < -0.3 is 9.47 Å². The zero-order valence-electron chi connectivity index (χ0n) is 12.2. The minimum atomic E-state index is -0.360. The van der Waals surface area contributed by atoms with Crippen molar-refractivity contribution in [3.8, 4) is 0 Å². The van der Waals surface area contributed by atoms with Crippen LogP contribution in [-0.4, -0.2) is 38.2 Å². The minimum Gasteiger partial charge on any atom is -0.441 e. The average molecular weight is 289 g/mol. The standard InChI is InChI=1S/C16H19NO4/c1-3-14(18)9-6-12-4-7-13(8-5-12)17-10-15(11-20-2)21-16(17)19/h4-9,15H,3,10-11H2,1-2H3. The van der Waals surface area contributed by atoms with Crippen molar-refractivity contribution in [2.24, 2.45) is 0 Å². The predicted octanol–water partition coefficient (Wildman–Crippen LogP) is 2.65. The highest BCUT2D eigenvalue weighted by Gasteiger charge is 2.32. The van der Waals surface area contributed by atoms with Crippen LogP contribution in [0.15, 0.2) is 30.3 Å². The van der Waals surface area contributed by atoms with Gasteiger partial charge in [0.1, 0.15) is 6.10 Å². The Morgan fingerprint density at radius 3 is 2.76 bits per heavy atom. The number of ketones is 1. The summed E-state index contributed by atoms with van der Waals surface area (Å²) in [6.45, 7) is 2.70. The number of ether oxygens (including phenoxy) is 2. The Balaban J connectivity index is 2.04. The Morgan fingerprint density at radius 2 is 2.14 bits per heavy atom. The Bertz CT molecular complexity index is 536. The van der Waals surface area contributed by atoms with Crippen LogP contribution in [0, 0.1) is 0 Å². The number of carbonyl (C=O) groups excluding carboxylic acids is 2. The molecule has 0 radical (unpaired) electrons. The second-order valence-electron chi connectivity index (χ2n) is 4.82. The van der Waals surface area contributed by atoms with E-state index in [9.17, 15) is 9.59 Å². The Labute approximate surface area is 124 Å². The first kappa shape index (κ1) is 15.3. The van der Waals surface area contributed by atoms with E-state index in [1.54, 1.807) is 24.2 Å². The number of hydrogen-bond acceptors (Lipinski definition) is 4. The van der Waals surface area contributed by atoms with Crippen molar-refractivity contribution in [3.63, 3.8) is 0 Å². The van der Waals surface area contributed by atoms with E-state index in [1.807, 2.05) is 31.2 Å². The molecule has 1 atom stereocenters. The molecule has 0 aliphatic carbocycles. The molecule has 0 bridgehead atoms. The molecule has 1 heterocycles. The lowest BCUT2D eigenvalue weighted by molar-refractivity contribution is -0.114. The molecule has 0 N–H and O–H groups in total. The zero-order chi connectivity index (χ0) is 15.2. The van der Waals surface area contributed by atoms with E-state index < -0.39 is 0 Å². The van der Waals surface area contributed by atoms with Crippen LogP contribution in [-0.2, 0) is 14.3 Å². The molecule has 5 heteroatoms. The van der Waals surface area contributed by atoms with E-state index in [1.165, 1.54) is 0 Å². The Kier molecular flexibility index (Phi) is 5.11. The first-order valence-electron chi connectivity index (χ1n) is 6.92. The van der Waals surface area contributed by atoms with Gasteiger partial charge in [-0.1, -0.05) is 25.1 Å². The monoisotopic (exact) mass is 289 g/mol. The van der Waals surface area contributed by atoms with E-state index >= 15 is 0 Å².